The van der Waals surface area contributed by atoms with Crippen LogP contribution in [0.2, 0.25) is 0 Å². The lowest BCUT2D eigenvalue weighted by molar-refractivity contribution is -0.119. The molecule has 172 valence electrons. The van der Waals surface area contributed by atoms with Gasteiger partial charge in [0.15, 0.2) is 6.04 Å². The van der Waals surface area contributed by atoms with E-state index in [1.165, 1.54) is 0 Å². The van der Waals surface area contributed by atoms with Crippen LogP contribution in [-0.2, 0) is 11.2 Å². The monoisotopic (exact) mass is 458 g/mol. The number of nitrogens with zero attached hydrogens (tertiary/aromatic N) is 3. The summed E-state index contributed by atoms with van der Waals surface area (Å²) in [6, 6.07) is 6.17. The Bertz CT molecular complexity index is 1290. The summed E-state index contributed by atoms with van der Waals surface area (Å²) in [5.41, 5.74) is 4.31. The average molecular weight is 458 g/mol. The Labute approximate surface area is 195 Å². The number of H-pyrrole nitrogens is 1. The number of carbonyl (C=O) groups is 3. The molecule has 1 saturated heterocycles. The minimum absolute atomic E-state index is 0.0881. The number of hydrogen-bond acceptors (Lipinski definition) is 6. The number of likely N-dealkylation sites (N-methyl/N-ethyl adjacent to an activating group) is 1. The number of ether oxygens (including phenoxy) is 1. The maximum Gasteiger partial charge on any atom is 0.322 e. The SMILES string of the molecule is COc1ccc2c(c1)C(=O)N(C)CC2.O=C1NC(=O)C(C#Cc2cncc(-c3cn[nH]c3)c2)N1. The largest absolute Gasteiger partial charge is 0.497 e. The zero-order chi connectivity index (χ0) is 24.1. The van der Waals surface area contributed by atoms with Crippen molar-refractivity contribution in [2.24, 2.45) is 0 Å². The lowest BCUT2D eigenvalue weighted by Crippen LogP contribution is -2.34. The summed E-state index contributed by atoms with van der Waals surface area (Å²) in [4.78, 5) is 39.9. The number of carbonyl (C=O) groups excluding carboxylic acids is 3. The number of aromatic nitrogens is 3. The molecule has 10 heteroatoms. The van der Waals surface area contributed by atoms with Crippen LogP contribution in [0, 0.1) is 11.8 Å². The highest BCUT2D eigenvalue weighted by atomic mass is 16.5. The highest BCUT2D eigenvalue weighted by molar-refractivity contribution is 6.05. The van der Waals surface area contributed by atoms with Gasteiger partial charge in [-0.15, -0.1) is 0 Å². The minimum atomic E-state index is -0.819. The first-order valence-electron chi connectivity index (χ1n) is 10.4. The van der Waals surface area contributed by atoms with E-state index in [1.807, 2.05) is 31.3 Å². The topological polar surface area (TPSA) is 129 Å². The van der Waals surface area contributed by atoms with Gasteiger partial charge in [0.25, 0.3) is 11.8 Å². The van der Waals surface area contributed by atoms with Gasteiger partial charge in [-0.2, -0.15) is 5.10 Å². The van der Waals surface area contributed by atoms with Crippen molar-refractivity contribution in [2.45, 2.75) is 12.5 Å². The van der Waals surface area contributed by atoms with E-state index >= 15 is 0 Å². The molecule has 2 aliphatic heterocycles. The molecular weight excluding hydrogens is 436 g/mol. The van der Waals surface area contributed by atoms with E-state index in [-0.39, 0.29) is 5.91 Å². The van der Waals surface area contributed by atoms with E-state index in [9.17, 15) is 14.4 Å². The van der Waals surface area contributed by atoms with Crippen molar-refractivity contribution in [2.75, 3.05) is 20.7 Å². The second-order valence-corrected chi connectivity index (χ2v) is 7.61. The second kappa shape index (κ2) is 9.87. The predicted molar refractivity (Wildman–Crippen MR) is 123 cm³/mol. The summed E-state index contributed by atoms with van der Waals surface area (Å²) in [6.45, 7) is 0.804. The number of benzene rings is 1. The van der Waals surface area contributed by atoms with Crippen LogP contribution in [0.1, 0.15) is 21.5 Å². The van der Waals surface area contributed by atoms with Gasteiger partial charge in [-0.3, -0.25) is 25.0 Å². The van der Waals surface area contributed by atoms with Gasteiger partial charge in [-0.25, -0.2) is 4.79 Å². The molecule has 34 heavy (non-hydrogen) atoms. The second-order valence-electron chi connectivity index (χ2n) is 7.61. The van der Waals surface area contributed by atoms with Crippen molar-refractivity contribution >= 4 is 17.8 Å². The minimum Gasteiger partial charge on any atom is -0.497 e. The summed E-state index contributed by atoms with van der Waals surface area (Å²) in [6.07, 6.45) is 7.64. The number of imide groups is 1. The van der Waals surface area contributed by atoms with Crippen molar-refractivity contribution in [1.29, 1.82) is 0 Å². The van der Waals surface area contributed by atoms with Crippen LogP contribution >= 0.6 is 0 Å². The summed E-state index contributed by atoms with van der Waals surface area (Å²) in [7, 11) is 3.43. The Hall–Kier alpha value is -4.65. The van der Waals surface area contributed by atoms with E-state index < -0.39 is 18.0 Å². The molecule has 1 atom stereocenters. The van der Waals surface area contributed by atoms with Gasteiger partial charge in [0.2, 0.25) is 0 Å². The van der Waals surface area contributed by atoms with Crippen LogP contribution in [0.3, 0.4) is 0 Å². The highest BCUT2D eigenvalue weighted by Gasteiger charge is 2.27. The quantitative estimate of drug-likeness (QED) is 0.393. The molecule has 10 nitrogen and oxygen atoms in total. The summed E-state index contributed by atoms with van der Waals surface area (Å²) >= 11 is 0. The third-order valence-corrected chi connectivity index (χ3v) is 5.32. The van der Waals surface area contributed by atoms with Crippen LogP contribution in [0.4, 0.5) is 4.79 Å². The number of urea groups is 1. The van der Waals surface area contributed by atoms with Gasteiger partial charge >= 0.3 is 6.03 Å². The zero-order valence-corrected chi connectivity index (χ0v) is 18.6. The van der Waals surface area contributed by atoms with Crippen LogP contribution in [-0.4, -0.2) is 64.7 Å². The Morgan fingerprint density at radius 3 is 2.68 bits per heavy atom. The molecule has 0 saturated carbocycles. The third-order valence-electron chi connectivity index (χ3n) is 5.32. The standard InChI is InChI=1S/C13H9N5O2.C11H13NO2/c19-12-11(17-13(20)18-12)2-1-8-3-9(5-14-4-8)10-6-15-16-7-10;1-12-6-5-8-3-4-9(14-2)7-10(8)11(12)13/h3-7,11H,(H,15,16)(H2,17,18,19,20);3-4,7H,5-6H2,1-2H3. The molecule has 0 radical (unpaired) electrons. The number of pyridine rings is 1. The first kappa shape index (κ1) is 22.5. The zero-order valence-electron chi connectivity index (χ0n) is 18.6. The van der Waals surface area contributed by atoms with E-state index in [1.54, 1.807) is 36.8 Å². The summed E-state index contributed by atoms with van der Waals surface area (Å²) < 4.78 is 5.09. The Kier molecular flexibility index (Phi) is 6.54. The fraction of sp³-hybridized carbons (Fsp3) is 0.208. The van der Waals surface area contributed by atoms with Crippen LogP contribution in [0.5, 0.6) is 5.75 Å². The molecule has 1 aromatic carbocycles. The smallest absolute Gasteiger partial charge is 0.322 e. The number of amides is 4. The molecular formula is C24H22N6O4. The van der Waals surface area contributed by atoms with Gasteiger partial charge in [0, 0.05) is 54.4 Å². The number of aromatic amines is 1. The molecule has 3 N–H and O–H groups in total. The molecule has 0 spiro atoms. The van der Waals surface area contributed by atoms with Crippen molar-refractivity contribution in [3.8, 4) is 28.7 Å². The van der Waals surface area contributed by atoms with Crippen molar-refractivity contribution < 1.29 is 19.1 Å². The predicted octanol–water partition coefficient (Wildman–Crippen LogP) is 1.35. The lowest BCUT2D eigenvalue weighted by atomic mass is 9.99. The fourth-order valence-electron chi connectivity index (χ4n) is 3.44. The van der Waals surface area contributed by atoms with Crippen molar-refractivity contribution in [1.82, 2.24) is 30.7 Å². The van der Waals surface area contributed by atoms with Crippen molar-refractivity contribution in [3.63, 3.8) is 0 Å². The van der Waals surface area contributed by atoms with Gasteiger partial charge < -0.3 is 15.0 Å². The lowest BCUT2D eigenvalue weighted by Gasteiger charge is -2.24. The first-order chi connectivity index (χ1) is 16.4. The van der Waals surface area contributed by atoms with E-state index in [2.05, 4.69) is 37.7 Å². The van der Waals surface area contributed by atoms with Crippen LogP contribution in [0.25, 0.3) is 11.1 Å². The Balaban J connectivity index is 0.000000172. The van der Waals surface area contributed by atoms with Gasteiger partial charge in [-0.1, -0.05) is 17.9 Å². The highest BCUT2D eigenvalue weighted by Crippen LogP contribution is 2.22. The van der Waals surface area contributed by atoms with Crippen LogP contribution in [0.15, 0.2) is 49.1 Å². The molecule has 4 amide bonds. The Morgan fingerprint density at radius 2 is 1.97 bits per heavy atom. The molecule has 3 aromatic rings. The molecule has 4 heterocycles. The number of rotatable bonds is 2. The molecule has 0 aliphatic carbocycles. The van der Waals surface area contributed by atoms with E-state index in [0.717, 1.165) is 41.0 Å². The van der Waals surface area contributed by atoms with Crippen LogP contribution < -0.4 is 15.4 Å². The maximum absolute atomic E-state index is 11.8. The van der Waals surface area contributed by atoms with Gasteiger partial charge in [0.05, 0.1) is 13.3 Å². The summed E-state index contributed by atoms with van der Waals surface area (Å²) in [5.74, 6) is 5.90. The van der Waals surface area contributed by atoms with E-state index in [0.29, 0.717) is 5.56 Å². The van der Waals surface area contributed by atoms with Gasteiger partial charge in [0.1, 0.15) is 5.75 Å². The molecule has 2 aliphatic rings. The molecule has 1 fully saturated rings. The molecule has 1 unspecified atom stereocenters. The number of methoxy groups -OCH3 is 1. The van der Waals surface area contributed by atoms with E-state index in [4.69, 9.17) is 4.74 Å². The number of hydrogen-bond donors (Lipinski definition) is 3. The van der Waals surface area contributed by atoms with Crippen molar-refractivity contribution in [3.05, 3.63) is 65.7 Å². The molecule has 2 aromatic heterocycles. The third kappa shape index (κ3) is 5.05. The number of fused-ring (bicyclic) bond motifs is 1. The first-order valence-corrected chi connectivity index (χ1v) is 10.4. The average Bonchev–Trinajstić information content (AvgIpc) is 3.50. The Morgan fingerprint density at radius 1 is 1.12 bits per heavy atom. The maximum atomic E-state index is 11.8. The fourth-order valence-corrected chi connectivity index (χ4v) is 3.44. The summed E-state index contributed by atoms with van der Waals surface area (Å²) in [5, 5.41) is 11.1. The normalized spacial score (nSPS) is 16.4. The van der Waals surface area contributed by atoms with Gasteiger partial charge in [-0.05, 0) is 30.2 Å². The molecule has 0 bridgehead atoms. The number of nitrogens with one attached hydrogen (secondary N) is 3. The molecule has 5 rings (SSSR count).